The van der Waals surface area contributed by atoms with E-state index < -0.39 is 17.6 Å². The molecule has 0 bridgehead atoms. The van der Waals surface area contributed by atoms with E-state index in [4.69, 9.17) is 12.2 Å². The first-order chi connectivity index (χ1) is 8.32. The predicted molar refractivity (Wildman–Crippen MR) is 58.8 cm³/mol. The molecule has 1 aromatic carbocycles. The molecule has 8 heteroatoms. The molecule has 0 aliphatic rings. The largest absolute Gasteiger partial charge is 0.419 e. The number of halogens is 4. The summed E-state index contributed by atoms with van der Waals surface area (Å²) in [6.07, 6.45) is -4.74. The van der Waals surface area contributed by atoms with E-state index in [0.29, 0.717) is 6.07 Å². The summed E-state index contributed by atoms with van der Waals surface area (Å²) in [6, 6.07) is 3.02. The van der Waals surface area contributed by atoms with Crippen molar-refractivity contribution in [2.24, 2.45) is 7.05 Å². The Morgan fingerprint density at radius 3 is 2.50 bits per heavy atom. The van der Waals surface area contributed by atoms with Gasteiger partial charge >= 0.3 is 6.18 Å². The van der Waals surface area contributed by atoms with E-state index in [1.54, 1.807) is 0 Å². The van der Waals surface area contributed by atoms with Crippen molar-refractivity contribution in [3.63, 3.8) is 0 Å². The van der Waals surface area contributed by atoms with Crippen LogP contribution in [-0.2, 0) is 13.2 Å². The van der Waals surface area contributed by atoms with Crippen molar-refractivity contribution in [3.8, 4) is 11.4 Å². The minimum absolute atomic E-state index is 0.0172. The average molecular weight is 277 g/mol. The first-order valence-electron chi connectivity index (χ1n) is 4.80. The SMILES string of the molecule is Cn1c(-c2cccc(C(F)(F)F)c2F)n[nH]c1=S. The Labute approximate surface area is 104 Å². The van der Waals surface area contributed by atoms with Gasteiger partial charge in [-0.05, 0) is 24.4 Å². The Hall–Kier alpha value is -1.70. The third-order valence-electron chi connectivity index (χ3n) is 2.42. The lowest BCUT2D eigenvalue weighted by Gasteiger charge is -2.10. The zero-order chi connectivity index (χ0) is 13.5. The number of rotatable bonds is 1. The van der Waals surface area contributed by atoms with Crippen LogP contribution < -0.4 is 0 Å². The highest BCUT2D eigenvalue weighted by molar-refractivity contribution is 7.71. The molecule has 0 unspecified atom stereocenters. The maximum absolute atomic E-state index is 13.8. The average Bonchev–Trinajstić information content (AvgIpc) is 2.59. The van der Waals surface area contributed by atoms with Gasteiger partial charge in [-0.3, -0.25) is 5.10 Å². The maximum Gasteiger partial charge on any atom is 0.419 e. The summed E-state index contributed by atoms with van der Waals surface area (Å²) >= 11 is 4.82. The van der Waals surface area contributed by atoms with Crippen LogP contribution in [0.1, 0.15) is 5.56 Å². The molecule has 3 nitrogen and oxygen atoms in total. The highest BCUT2D eigenvalue weighted by atomic mass is 32.1. The van der Waals surface area contributed by atoms with E-state index in [1.807, 2.05) is 0 Å². The van der Waals surface area contributed by atoms with Crippen molar-refractivity contribution < 1.29 is 17.6 Å². The zero-order valence-electron chi connectivity index (χ0n) is 9.05. The number of hydrogen-bond acceptors (Lipinski definition) is 2. The van der Waals surface area contributed by atoms with Gasteiger partial charge in [0.05, 0.1) is 11.1 Å². The second kappa shape index (κ2) is 4.20. The van der Waals surface area contributed by atoms with Gasteiger partial charge in [0.2, 0.25) is 0 Å². The van der Waals surface area contributed by atoms with Crippen molar-refractivity contribution in [3.05, 3.63) is 34.4 Å². The first kappa shape index (κ1) is 12.7. The van der Waals surface area contributed by atoms with E-state index in [2.05, 4.69) is 10.2 Å². The van der Waals surface area contributed by atoms with Crippen LogP contribution >= 0.6 is 12.2 Å². The Bertz CT molecular complexity index is 641. The van der Waals surface area contributed by atoms with Gasteiger partial charge in [0.25, 0.3) is 0 Å². The number of alkyl halides is 3. The molecule has 2 aromatic rings. The van der Waals surface area contributed by atoms with Gasteiger partial charge in [0, 0.05) is 7.05 Å². The van der Waals surface area contributed by atoms with Crippen LogP contribution in [-0.4, -0.2) is 14.8 Å². The van der Waals surface area contributed by atoms with Crippen LogP contribution in [0.5, 0.6) is 0 Å². The van der Waals surface area contributed by atoms with Crippen molar-refractivity contribution in [2.75, 3.05) is 0 Å². The van der Waals surface area contributed by atoms with E-state index in [-0.39, 0.29) is 16.2 Å². The topological polar surface area (TPSA) is 33.6 Å². The summed E-state index contributed by atoms with van der Waals surface area (Å²) in [5, 5.41) is 6.10. The Kier molecular flexibility index (Phi) is 2.97. The van der Waals surface area contributed by atoms with Crippen LogP contribution in [0.15, 0.2) is 18.2 Å². The molecule has 0 aliphatic heterocycles. The summed E-state index contributed by atoms with van der Waals surface area (Å²) in [7, 11) is 1.49. The third kappa shape index (κ3) is 2.03. The highest BCUT2D eigenvalue weighted by Crippen LogP contribution is 2.34. The molecule has 96 valence electrons. The third-order valence-corrected chi connectivity index (χ3v) is 2.79. The fraction of sp³-hybridized carbons (Fsp3) is 0.200. The Morgan fingerprint density at radius 1 is 1.33 bits per heavy atom. The first-order valence-corrected chi connectivity index (χ1v) is 5.20. The van der Waals surface area contributed by atoms with Gasteiger partial charge in [-0.15, -0.1) is 0 Å². The van der Waals surface area contributed by atoms with Crippen LogP contribution in [0.25, 0.3) is 11.4 Å². The van der Waals surface area contributed by atoms with Crippen molar-refractivity contribution in [1.29, 1.82) is 0 Å². The molecule has 0 aliphatic carbocycles. The summed E-state index contributed by atoms with van der Waals surface area (Å²) in [4.78, 5) is 0. The standard InChI is InChI=1S/C10H7F4N3S/c1-17-8(15-16-9(17)18)5-3-2-4-6(7(5)11)10(12,13)14/h2-4H,1H3,(H,16,18). The van der Waals surface area contributed by atoms with Gasteiger partial charge in [-0.1, -0.05) is 6.07 Å². The fourth-order valence-corrected chi connectivity index (χ4v) is 1.64. The van der Waals surface area contributed by atoms with Crippen LogP contribution in [0, 0.1) is 10.6 Å². The summed E-state index contributed by atoms with van der Waals surface area (Å²) in [6.45, 7) is 0. The van der Waals surface area contributed by atoms with E-state index >= 15 is 0 Å². The molecular weight excluding hydrogens is 270 g/mol. The van der Waals surface area contributed by atoms with Gasteiger partial charge < -0.3 is 4.57 Å². The van der Waals surface area contributed by atoms with Crippen molar-refractivity contribution in [2.45, 2.75) is 6.18 Å². The highest BCUT2D eigenvalue weighted by Gasteiger charge is 2.35. The molecule has 18 heavy (non-hydrogen) atoms. The summed E-state index contributed by atoms with van der Waals surface area (Å²) < 4.78 is 53.0. The van der Waals surface area contributed by atoms with Crippen LogP contribution in [0.3, 0.4) is 0 Å². The number of benzene rings is 1. The fourth-order valence-electron chi connectivity index (χ4n) is 1.51. The number of H-pyrrole nitrogens is 1. The number of nitrogens with one attached hydrogen (secondary N) is 1. The lowest BCUT2D eigenvalue weighted by molar-refractivity contribution is -0.139. The molecule has 0 saturated heterocycles. The summed E-state index contributed by atoms with van der Waals surface area (Å²) in [5.74, 6) is -1.34. The molecular formula is C10H7F4N3S. The normalized spacial score (nSPS) is 11.8. The molecule has 2 rings (SSSR count). The smallest absolute Gasteiger partial charge is 0.303 e. The molecule has 1 heterocycles. The number of nitrogens with zero attached hydrogens (tertiary/aromatic N) is 2. The second-order valence-corrected chi connectivity index (χ2v) is 3.96. The molecule has 1 N–H and O–H groups in total. The quantitative estimate of drug-likeness (QED) is 0.641. The van der Waals surface area contributed by atoms with Crippen LogP contribution in [0.4, 0.5) is 17.6 Å². The predicted octanol–water partition coefficient (Wildman–Crippen LogP) is 3.30. The van der Waals surface area contributed by atoms with Crippen LogP contribution in [0.2, 0.25) is 0 Å². The Morgan fingerprint density at radius 2 is 2.00 bits per heavy atom. The number of hydrogen-bond donors (Lipinski definition) is 1. The lowest BCUT2D eigenvalue weighted by atomic mass is 10.1. The van der Waals surface area contributed by atoms with Gasteiger partial charge in [-0.2, -0.15) is 18.3 Å². The van der Waals surface area contributed by atoms with E-state index in [9.17, 15) is 17.6 Å². The van der Waals surface area contributed by atoms with Crippen molar-refractivity contribution in [1.82, 2.24) is 14.8 Å². The summed E-state index contributed by atoms with van der Waals surface area (Å²) in [5.41, 5.74) is -1.58. The Balaban J connectivity index is 2.67. The molecule has 1 aromatic heterocycles. The molecule has 0 saturated carbocycles. The van der Waals surface area contributed by atoms with Crippen molar-refractivity contribution >= 4 is 12.2 Å². The molecule has 0 amide bonds. The number of aromatic nitrogens is 3. The minimum Gasteiger partial charge on any atom is -0.303 e. The minimum atomic E-state index is -4.74. The monoisotopic (exact) mass is 277 g/mol. The van der Waals surface area contributed by atoms with E-state index in [0.717, 1.165) is 6.07 Å². The maximum atomic E-state index is 13.8. The van der Waals surface area contributed by atoms with E-state index in [1.165, 1.54) is 17.7 Å². The second-order valence-electron chi connectivity index (χ2n) is 3.58. The van der Waals surface area contributed by atoms with Gasteiger partial charge in [0.15, 0.2) is 10.6 Å². The number of aromatic amines is 1. The van der Waals surface area contributed by atoms with Gasteiger partial charge in [0.1, 0.15) is 5.82 Å². The molecule has 0 atom stereocenters. The lowest BCUT2D eigenvalue weighted by Crippen LogP contribution is -2.09. The van der Waals surface area contributed by atoms with Gasteiger partial charge in [-0.25, -0.2) is 4.39 Å². The molecule has 0 radical (unpaired) electrons. The molecule has 0 fully saturated rings. The molecule has 0 spiro atoms. The zero-order valence-corrected chi connectivity index (χ0v) is 9.86.